The Kier molecular flexibility index (Phi) is 11.9. The molecule has 5 heteroatoms. The molecule has 0 unspecified atom stereocenters. The average molecular weight is 408 g/mol. The summed E-state index contributed by atoms with van der Waals surface area (Å²) in [5, 5.41) is 0. The molecule has 0 aromatic heterocycles. The Morgan fingerprint density at radius 3 is 1.40 bits per heavy atom. The normalized spacial score (nSPS) is 7.20. The molecule has 0 aromatic rings. The zero-order valence-corrected chi connectivity index (χ0v) is 8.41. The van der Waals surface area contributed by atoms with Gasteiger partial charge in [0.1, 0.15) is 0 Å². The Morgan fingerprint density at radius 1 is 1.40 bits per heavy atom. The fourth-order valence-corrected chi connectivity index (χ4v) is 0. The van der Waals surface area contributed by atoms with Crippen molar-refractivity contribution in [1.82, 2.24) is 0 Å². The first-order valence-electron chi connectivity index (χ1n) is 0.478. The molecule has 0 saturated heterocycles. The predicted octanol–water partition coefficient (Wildman–Crippen LogP) is -5.93. The molecule has 0 amide bonds. The third-order valence-corrected chi connectivity index (χ3v) is 0. The minimum Gasteiger partial charge on any atom is -0.396 e. The van der Waals surface area contributed by atoms with E-state index in [1.807, 2.05) is 0 Å². The summed E-state index contributed by atoms with van der Waals surface area (Å²) in [4.78, 5) is 0. The molecule has 0 fully saturated rings. The van der Waals surface area contributed by atoms with E-state index in [0.29, 0.717) is 0 Å². The molecule has 5 heavy (non-hydrogen) atoms. The monoisotopic (exact) mass is 408 g/mol. The van der Waals surface area contributed by atoms with Gasteiger partial charge in [0.25, 0.3) is 0 Å². The van der Waals surface area contributed by atoms with E-state index in [1.165, 1.54) is 0 Å². The van der Waals surface area contributed by atoms with Crippen LogP contribution in [0.4, 0.5) is 0 Å². The summed E-state index contributed by atoms with van der Waals surface area (Å²) in [6.07, 6.45) is 0. The van der Waals surface area contributed by atoms with E-state index in [-0.39, 0.29) is 39.9 Å². The predicted molar refractivity (Wildman–Crippen MR) is 2.22 cm³/mol. The molecule has 0 aliphatic heterocycles. The summed E-state index contributed by atoms with van der Waals surface area (Å²) in [6.45, 7) is 0. The van der Waals surface area contributed by atoms with Crippen molar-refractivity contribution < 1.29 is 71.3 Å². The maximum absolute atomic E-state index is 8.68. The Balaban J connectivity index is 0. The van der Waals surface area contributed by atoms with Crippen LogP contribution in [0.5, 0.6) is 0 Å². The zero-order valence-electron chi connectivity index (χ0n) is 2.14. The van der Waals surface area contributed by atoms with Crippen LogP contribution in [-0.2, 0) is 0 Å². The van der Waals surface area contributed by atoms with E-state index in [1.54, 1.807) is 0 Å². The SMILES string of the molecule is [O-][I+2]([O-])O.[Th]. The van der Waals surface area contributed by atoms with Crippen LogP contribution in [0.3, 0.4) is 0 Å². The van der Waals surface area contributed by atoms with Crippen molar-refractivity contribution in [3.8, 4) is 0 Å². The van der Waals surface area contributed by atoms with Gasteiger partial charge in [-0.1, -0.05) is 0 Å². The average Bonchev–Trinajstić information content (AvgIpc) is 0.811. The van der Waals surface area contributed by atoms with Crippen LogP contribution in [0.15, 0.2) is 0 Å². The summed E-state index contributed by atoms with van der Waals surface area (Å²) >= 11 is -3.76. The van der Waals surface area contributed by atoms with Gasteiger partial charge >= 0.3 is 21.1 Å². The Morgan fingerprint density at radius 2 is 1.40 bits per heavy atom. The molecular weight excluding hydrogens is 407 g/mol. The Bertz CT molecular complexity index is 11.6. The van der Waals surface area contributed by atoms with Gasteiger partial charge in [0, 0.05) is 39.9 Å². The van der Waals surface area contributed by atoms with E-state index in [2.05, 4.69) is 0 Å². The van der Waals surface area contributed by atoms with Crippen molar-refractivity contribution in [2.24, 2.45) is 0 Å². The molecule has 0 aliphatic rings. The van der Waals surface area contributed by atoms with Crippen molar-refractivity contribution in [3.63, 3.8) is 0 Å². The molecule has 3 nitrogen and oxygen atoms in total. The van der Waals surface area contributed by atoms with Gasteiger partial charge in [0.2, 0.25) is 0 Å². The van der Waals surface area contributed by atoms with Crippen LogP contribution in [0.25, 0.3) is 0 Å². The quantitative estimate of drug-likeness (QED) is 0.407. The first-order valence-corrected chi connectivity index (χ1v) is 3.20. The van der Waals surface area contributed by atoms with Crippen LogP contribution in [0.1, 0.15) is 0 Å². The van der Waals surface area contributed by atoms with Crippen molar-refractivity contribution >= 4 is 0 Å². The van der Waals surface area contributed by atoms with Gasteiger partial charge in [-0.3, -0.25) is 0 Å². The number of hydrogen-bond donors (Lipinski definition) is 1. The second kappa shape index (κ2) is 5.93. The standard InChI is InChI=1S/HIO3.Th/c2-1(3)4;/h2H;. The van der Waals surface area contributed by atoms with E-state index in [0.717, 1.165) is 0 Å². The molecule has 0 atom stereocenters. The topological polar surface area (TPSA) is 66.3 Å². The van der Waals surface area contributed by atoms with Crippen molar-refractivity contribution in [2.75, 3.05) is 0 Å². The van der Waals surface area contributed by atoms with Gasteiger partial charge in [-0.2, -0.15) is 0 Å². The summed E-state index contributed by atoms with van der Waals surface area (Å²) in [5.74, 6) is 0. The summed E-state index contributed by atoms with van der Waals surface area (Å²) in [5.41, 5.74) is 0. The molecule has 0 aliphatic carbocycles. The summed E-state index contributed by atoms with van der Waals surface area (Å²) in [6, 6.07) is 0. The van der Waals surface area contributed by atoms with Gasteiger partial charge in [-0.15, -0.1) is 0 Å². The number of halogens is 1. The fourth-order valence-electron chi connectivity index (χ4n) is 0. The van der Waals surface area contributed by atoms with E-state index in [9.17, 15) is 0 Å². The molecule has 0 bridgehead atoms. The van der Waals surface area contributed by atoms with Gasteiger partial charge in [0.15, 0.2) is 0 Å². The van der Waals surface area contributed by atoms with Crippen LogP contribution in [0.2, 0.25) is 0 Å². The van der Waals surface area contributed by atoms with E-state index in [4.69, 9.17) is 10.3 Å². The van der Waals surface area contributed by atoms with Crippen LogP contribution in [0, 0.1) is 39.9 Å². The second-order valence-electron chi connectivity index (χ2n) is 0.201. The molecule has 0 spiro atoms. The fraction of sp³-hybridized carbons (Fsp3) is 0. The number of rotatable bonds is 0. The minimum absolute atomic E-state index is 0. The molecule has 0 rings (SSSR count). The second-order valence-corrected chi connectivity index (χ2v) is 1.35. The zero-order chi connectivity index (χ0) is 3.58. The van der Waals surface area contributed by atoms with Gasteiger partial charge < -0.3 is 6.87 Å². The first-order chi connectivity index (χ1) is 1.73. The third-order valence-electron chi connectivity index (χ3n) is 0. The van der Waals surface area contributed by atoms with E-state index >= 15 is 0 Å². The maximum Gasteiger partial charge on any atom is 0.503 e. The molecular formula is HIO3Th. The molecule has 30 valence electrons. The van der Waals surface area contributed by atoms with Gasteiger partial charge in [0.05, 0.1) is 0 Å². The van der Waals surface area contributed by atoms with Crippen molar-refractivity contribution in [1.29, 1.82) is 0 Å². The molecule has 0 heterocycles. The maximum atomic E-state index is 8.68. The third kappa shape index (κ3) is 24.5. The van der Waals surface area contributed by atoms with Gasteiger partial charge in [-0.05, 0) is 3.44 Å². The Labute approximate surface area is 70.1 Å². The largest absolute Gasteiger partial charge is 0.503 e. The van der Waals surface area contributed by atoms with Crippen LogP contribution in [-0.4, -0.2) is 3.44 Å². The summed E-state index contributed by atoms with van der Waals surface area (Å²) in [7, 11) is 0. The van der Waals surface area contributed by atoms with E-state index < -0.39 is 21.1 Å². The summed E-state index contributed by atoms with van der Waals surface area (Å²) < 4.78 is 24.5. The Hall–Kier alpha value is 1.93. The van der Waals surface area contributed by atoms with Gasteiger partial charge in [-0.25, -0.2) is 0 Å². The molecule has 0 saturated carbocycles. The van der Waals surface area contributed by atoms with Crippen LogP contribution < -0.4 is 27.9 Å². The van der Waals surface area contributed by atoms with Crippen molar-refractivity contribution in [3.05, 3.63) is 0 Å². The molecule has 1 N–H and O–H groups in total. The van der Waals surface area contributed by atoms with Crippen LogP contribution >= 0.6 is 0 Å². The number of hydrogen-bond acceptors (Lipinski definition) is 3. The molecule has 0 aromatic carbocycles. The van der Waals surface area contributed by atoms with Crippen molar-refractivity contribution in [2.45, 2.75) is 0 Å². The minimum atomic E-state index is -3.76. The first kappa shape index (κ1) is 10.0. The smallest absolute Gasteiger partial charge is 0.396 e. The molecule has 0 radical (unpaired) electrons.